The van der Waals surface area contributed by atoms with Crippen LogP contribution >= 0.6 is 11.8 Å². The molecule has 6 aromatic rings. The van der Waals surface area contributed by atoms with Gasteiger partial charge in [0.1, 0.15) is 6.54 Å². The van der Waals surface area contributed by atoms with E-state index in [1.165, 1.54) is 33.7 Å². The van der Waals surface area contributed by atoms with E-state index in [1.54, 1.807) is 4.68 Å². The van der Waals surface area contributed by atoms with Crippen LogP contribution in [0.2, 0.25) is 0 Å². The Bertz CT molecular complexity index is 3300. The van der Waals surface area contributed by atoms with Gasteiger partial charge >= 0.3 is 0 Å². The molecule has 0 fully saturated rings. The second kappa shape index (κ2) is 18.4. The summed E-state index contributed by atoms with van der Waals surface area (Å²) in [6, 6.07) is 35.2. The van der Waals surface area contributed by atoms with Gasteiger partial charge in [-0.25, -0.2) is 8.42 Å². The van der Waals surface area contributed by atoms with Crippen LogP contribution in [-0.2, 0) is 31.1 Å². The quantitative estimate of drug-likeness (QED) is 0.0558. The smallest absolute Gasteiger partial charge is 0.264 e. The van der Waals surface area contributed by atoms with Gasteiger partial charge in [-0.1, -0.05) is 98.8 Å². The van der Waals surface area contributed by atoms with E-state index in [2.05, 4.69) is 138 Å². The Morgan fingerprint density at radius 2 is 1.42 bits per heavy atom. The molecule has 12 nitrogen and oxygen atoms in total. The van der Waals surface area contributed by atoms with E-state index in [-0.39, 0.29) is 12.2 Å². The number of fused-ring (bicyclic) bond motifs is 6. The molecule has 0 saturated carbocycles. The zero-order valence-electron chi connectivity index (χ0n) is 38.1. The average molecular weight is 955 g/mol. The van der Waals surface area contributed by atoms with Crippen molar-refractivity contribution < 1.29 is 30.5 Å². The first-order chi connectivity index (χ1) is 32.0. The Hall–Kier alpha value is -5.71. The minimum atomic E-state index is -4.33. The standard InChI is InChI=1S/C52H54N6O6S3/c1-51(2)45(56(32-12-14-34-66(59,60)61)43-28-24-36-16-8-10-20-41(36)47(43)51)30-26-38-22-23-39(49(38)65-50-53-54-55-58(50)40-18-6-5-7-19-40)27-31-46-52(3,4)48-42-21-11-9-17-37(42)25-29-44(48)57(46)33-13-15-35-67(62,63)64/h5-11,16-21,24-31H,12-15,22-23,32-35H2,1-4H3,(H-,59,60,61,62,63,64). The molecule has 0 spiro atoms. The lowest BCUT2D eigenvalue weighted by Gasteiger charge is -2.27. The molecule has 3 heterocycles. The topological polar surface area (TPSA) is 161 Å². The second-order valence-corrected chi connectivity index (χ2v) is 22.6. The van der Waals surface area contributed by atoms with Gasteiger partial charge in [0, 0.05) is 58.1 Å². The molecule has 0 radical (unpaired) electrons. The Balaban J connectivity index is 1.15. The normalized spacial score (nSPS) is 18.1. The van der Waals surface area contributed by atoms with Crippen LogP contribution in [0.15, 0.2) is 154 Å². The highest BCUT2D eigenvalue weighted by atomic mass is 32.2. The molecule has 9 rings (SSSR count). The van der Waals surface area contributed by atoms with E-state index in [9.17, 15) is 25.9 Å². The molecule has 346 valence electrons. The van der Waals surface area contributed by atoms with Crippen LogP contribution in [-0.4, -0.2) is 81.0 Å². The van der Waals surface area contributed by atoms with E-state index in [0.717, 1.165) is 68.1 Å². The first-order valence-electron chi connectivity index (χ1n) is 22.7. The highest BCUT2D eigenvalue weighted by Crippen LogP contribution is 2.52. The molecule has 0 amide bonds. The number of thioether (sulfide) groups is 1. The van der Waals surface area contributed by atoms with Gasteiger partial charge in [-0.15, -0.1) is 5.10 Å². The van der Waals surface area contributed by atoms with Crippen LogP contribution < -0.4 is 4.90 Å². The molecule has 15 heteroatoms. The van der Waals surface area contributed by atoms with Crippen LogP contribution in [0.25, 0.3) is 27.2 Å². The SMILES string of the molecule is CC1(C)C(=CC=C2CCC(C=CC3=[N+](CCCCS(=O)(=O)[O-])c4ccc5ccccc5c4C3(C)C)=C2Sc2nnnn2-c2ccccc2)N(CCCCS(=O)(=O)O)c2ccc3ccccc3c21. The molecule has 5 aromatic carbocycles. The fourth-order valence-electron chi connectivity index (χ4n) is 10.2. The molecule has 0 bridgehead atoms. The summed E-state index contributed by atoms with van der Waals surface area (Å²) in [6.07, 6.45) is 12.1. The number of para-hydroxylation sites is 1. The van der Waals surface area contributed by atoms with E-state index in [4.69, 9.17) is 0 Å². The number of hydrogen-bond acceptors (Lipinski definition) is 10. The van der Waals surface area contributed by atoms with Gasteiger partial charge in [0.2, 0.25) is 10.8 Å². The Morgan fingerprint density at radius 1 is 0.746 bits per heavy atom. The highest BCUT2D eigenvalue weighted by molar-refractivity contribution is 8.03. The van der Waals surface area contributed by atoms with Crippen LogP contribution in [0.5, 0.6) is 0 Å². The van der Waals surface area contributed by atoms with Crippen molar-refractivity contribution in [3.05, 3.63) is 160 Å². The maximum atomic E-state index is 11.7. The van der Waals surface area contributed by atoms with Crippen molar-refractivity contribution in [2.45, 2.75) is 82.2 Å². The monoisotopic (exact) mass is 954 g/mol. The maximum absolute atomic E-state index is 11.7. The Labute approximate surface area is 397 Å². The number of benzene rings is 5. The van der Waals surface area contributed by atoms with Gasteiger partial charge in [0.25, 0.3) is 10.1 Å². The predicted octanol–water partition coefficient (Wildman–Crippen LogP) is 10.3. The van der Waals surface area contributed by atoms with Crippen molar-refractivity contribution in [3.63, 3.8) is 0 Å². The van der Waals surface area contributed by atoms with Crippen molar-refractivity contribution >= 4 is 70.6 Å². The third kappa shape index (κ3) is 9.44. The summed E-state index contributed by atoms with van der Waals surface area (Å²) < 4.78 is 71.6. The lowest BCUT2D eigenvalue weighted by atomic mass is 9.79. The molecule has 3 aliphatic rings. The van der Waals surface area contributed by atoms with E-state index in [1.807, 2.05) is 42.5 Å². The largest absolute Gasteiger partial charge is 0.748 e. The molecule has 1 aromatic heterocycles. The van der Waals surface area contributed by atoms with Gasteiger partial charge in [-0.05, 0) is 137 Å². The van der Waals surface area contributed by atoms with Gasteiger partial charge in [-0.3, -0.25) is 4.55 Å². The second-order valence-electron chi connectivity index (χ2n) is 18.5. The molecule has 1 N–H and O–H groups in total. The Morgan fingerprint density at radius 3 is 2.13 bits per heavy atom. The minimum absolute atomic E-state index is 0.272. The lowest BCUT2D eigenvalue weighted by molar-refractivity contribution is -0.438. The van der Waals surface area contributed by atoms with Crippen LogP contribution in [0.4, 0.5) is 11.4 Å². The molecule has 67 heavy (non-hydrogen) atoms. The minimum Gasteiger partial charge on any atom is -0.748 e. The third-order valence-electron chi connectivity index (χ3n) is 13.3. The van der Waals surface area contributed by atoms with Crippen LogP contribution in [0.3, 0.4) is 0 Å². The number of aromatic nitrogens is 4. The summed E-state index contributed by atoms with van der Waals surface area (Å²) >= 11 is 1.53. The van der Waals surface area contributed by atoms with Crippen molar-refractivity contribution in [1.29, 1.82) is 0 Å². The molecule has 0 unspecified atom stereocenters. The number of allylic oxidation sites excluding steroid dienone is 7. The molecular weight excluding hydrogens is 901 g/mol. The highest BCUT2D eigenvalue weighted by Gasteiger charge is 2.46. The average Bonchev–Trinajstić information content (AvgIpc) is 4.02. The fraction of sp³-hybridized carbons (Fsp3) is 0.308. The molecule has 1 aliphatic carbocycles. The lowest BCUT2D eigenvalue weighted by Crippen LogP contribution is -2.28. The van der Waals surface area contributed by atoms with Gasteiger partial charge in [0.05, 0.1) is 27.0 Å². The first kappa shape index (κ1) is 46.4. The number of unbranched alkanes of at least 4 members (excludes halogenated alkanes) is 2. The van der Waals surface area contributed by atoms with Gasteiger partial charge < -0.3 is 9.45 Å². The number of anilines is 1. The van der Waals surface area contributed by atoms with Crippen molar-refractivity contribution in [1.82, 2.24) is 20.2 Å². The number of nitrogens with zero attached hydrogens (tertiary/aromatic N) is 6. The fourth-order valence-corrected chi connectivity index (χ4v) is 12.4. The summed E-state index contributed by atoms with van der Waals surface area (Å²) in [5.74, 6) is -0.683. The summed E-state index contributed by atoms with van der Waals surface area (Å²) in [4.78, 5) is 3.36. The first-order valence-corrected chi connectivity index (χ1v) is 26.7. The Kier molecular flexibility index (Phi) is 12.8. The number of tetrazole rings is 1. The van der Waals surface area contributed by atoms with Gasteiger partial charge in [0.15, 0.2) is 5.71 Å². The van der Waals surface area contributed by atoms with Gasteiger partial charge in [-0.2, -0.15) is 17.7 Å². The molecule has 2 aliphatic heterocycles. The van der Waals surface area contributed by atoms with E-state index < -0.39 is 36.8 Å². The maximum Gasteiger partial charge on any atom is 0.264 e. The summed E-state index contributed by atoms with van der Waals surface area (Å²) in [7, 11) is -8.41. The van der Waals surface area contributed by atoms with Crippen LogP contribution in [0.1, 0.15) is 77.3 Å². The summed E-state index contributed by atoms with van der Waals surface area (Å²) in [5.41, 5.74) is 9.04. The summed E-state index contributed by atoms with van der Waals surface area (Å²) in [6.45, 7) is 10.1. The molecular formula is C52H54N6O6S3. The summed E-state index contributed by atoms with van der Waals surface area (Å²) in [5, 5.41) is 18.3. The zero-order valence-corrected chi connectivity index (χ0v) is 40.5. The van der Waals surface area contributed by atoms with E-state index in [0.29, 0.717) is 37.5 Å². The molecule has 0 saturated heterocycles. The van der Waals surface area contributed by atoms with Crippen molar-refractivity contribution in [2.75, 3.05) is 29.5 Å². The van der Waals surface area contributed by atoms with Crippen molar-refractivity contribution in [2.24, 2.45) is 0 Å². The predicted molar refractivity (Wildman–Crippen MR) is 267 cm³/mol. The van der Waals surface area contributed by atoms with Crippen LogP contribution in [0, 0.1) is 0 Å². The number of hydrogen-bond donors (Lipinski definition) is 1. The molecule has 0 atom stereocenters. The van der Waals surface area contributed by atoms with Crippen molar-refractivity contribution in [3.8, 4) is 5.69 Å². The third-order valence-corrected chi connectivity index (χ3v) is 16.1. The zero-order chi connectivity index (χ0) is 47.1. The number of rotatable bonds is 16. The van der Waals surface area contributed by atoms with E-state index >= 15 is 0 Å².